The lowest BCUT2D eigenvalue weighted by Crippen LogP contribution is -2.25. The van der Waals surface area contributed by atoms with Crippen molar-refractivity contribution >= 4 is 11.7 Å². The number of nitrogens with one attached hydrogen (secondary N) is 1. The Kier molecular flexibility index (Phi) is 2.78. The lowest BCUT2D eigenvalue weighted by atomic mass is 9.95. The molecule has 2 unspecified atom stereocenters. The molecule has 1 heterocycles. The minimum absolute atomic E-state index is 0.179. The van der Waals surface area contributed by atoms with E-state index in [-0.39, 0.29) is 17.1 Å². The van der Waals surface area contributed by atoms with Crippen LogP contribution >= 0.6 is 0 Å². The second-order valence-electron chi connectivity index (χ2n) is 6.24. The average Bonchev–Trinajstić information content (AvgIpc) is 2.78. The Bertz CT molecular complexity index is 617. The van der Waals surface area contributed by atoms with Crippen molar-refractivity contribution in [3.05, 3.63) is 41.4 Å². The number of aromatic nitrogens is 1. The number of hydrogen-bond acceptors (Lipinski definition) is 3. The number of fused-ring (bicyclic) bond motifs is 1. The molecule has 0 radical (unpaired) electrons. The van der Waals surface area contributed by atoms with Crippen LogP contribution in [0.4, 0.5) is 0 Å². The fourth-order valence-corrected chi connectivity index (χ4v) is 3.42. The molecule has 2 atom stereocenters. The van der Waals surface area contributed by atoms with E-state index in [1.54, 1.807) is 24.4 Å². The molecule has 0 aliphatic heterocycles. The second kappa shape index (κ2) is 4.27. The molecule has 1 aromatic rings. The molecule has 2 aliphatic rings. The number of hydrogen-bond donors (Lipinski definition) is 1. The summed E-state index contributed by atoms with van der Waals surface area (Å²) >= 11 is 0. The van der Waals surface area contributed by atoms with Gasteiger partial charge in [-0.3, -0.25) is 14.6 Å². The SMILES string of the molecule is CC(NC(=O)c1ccccn1)=C1C(=O)CC2C1C2(C)C. The molecule has 0 aromatic carbocycles. The lowest BCUT2D eigenvalue weighted by Gasteiger charge is -2.13. The van der Waals surface area contributed by atoms with Crippen molar-refractivity contribution in [2.24, 2.45) is 17.3 Å². The van der Waals surface area contributed by atoms with E-state index in [0.29, 0.717) is 29.6 Å². The molecule has 0 bridgehead atoms. The molecule has 2 fully saturated rings. The van der Waals surface area contributed by atoms with E-state index in [9.17, 15) is 9.59 Å². The molecule has 4 nitrogen and oxygen atoms in total. The minimum atomic E-state index is -0.259. The summed E-state index contributed by atoms with van der Waals surface area (Å²) in [6.45, 7) is 6.18. The molecule has 1 N–H and O–H groups in total. The number of carbonyl (C=O) groups is 2. The van der Waals surface area contributed by atoms with Crippen LogP contribution in [-0.2, 0) is 4.79 Å². The van der Waals surface area contributed by atoms with E-state index in [0.717, 1.165) is 5.57 Å². The summed E-state index contributed by atoms with van der Waals surface area (Å²) in [5.41, 5.74) is 2.05. The fraction of sp³-hybridized carbons (Fsp3) is 0.438. The molecule has 2 aliphatic carbocycles. The third-order valence-electron chi connectivity index (χ3n) is 4.67. The van der Waals surface area contributed by atoms with Crippen LogP contribution in [0.5, 0.6) is 0 Å². The monoisotopic (exact) mass is 270 g/mol. The third-order valence-corrected chi connectivity index (χ3v) is 4.67. The Hall–Kier alpha value is -1.97. The maximum atomic E-state index is 12.1. The highest BCUT2D eigenvalue weighted by Crippen LogP contribution is 2.68. The first-order valence-electron chi connectivity index (χ1n) is 6.89. The Balaban J connectivity index is 1.82. The molecular formula is C16H18N2O2. The zero-order valence-electron chi connectivity index (χ0n) is 11.9. The first-order chi connectivity index (χ1) is 9.43. The Labute approximate surface area is 118 Å². The smallest absolute Gasteiger partial charge is 0.273 e. The van der Waals surface area contributed by atoms with Gasteiger partial charge in [-0.1, -0.05) is 19.9 Å². The predicted molar refractivity (Wildman–Crippen MR) is 74.8 cm³/mol. The number of amides is 1. The summed E-state index contributed by atoms with van der Waals surface area (Å²) in [4.78, 5) is 28.1. The molecule has 2 saturated carbocycles. The minimum Gasteiger partial charge on any atom is -0.324 e. The molecule has 1 aromatic heterocycles. The van der Waals surface area contributed by atoms with Crippen LogP contribution in [0.15, 0.2) is 35.7 Å². The van der Waals surface area contributed by atoms with Crippen LogP contribution in [0.2, 0.25) is 0 Å². The zero-order valence-corrected chi connectivity index (χ0v) is 11.9. The molecule has 20 heavy (non-hydrogen) atoms. The molecule has 1 amide bonds. The third kappa shape index (κ3) is 1.87. The van der Waals surface area contributed by atoms with Gasteiger partial charge in [0.2, 0.25) is 0 Å². The van der Waals surface area contributed by atoms with Crippen molar-refractivity contribution < 1.29 is 9.59 Å². The van der Waals surface area contributed by atoms with Crippen LogP contribution in [0.1, 0.15) is 37.7 Å². The van der Waals surface area contributed by atoms with Crippen molar-refractivity contribution in [2.75, 3.05) is 0 Å². The highest BCUT2D eigenvalue weighted by molar-refractivity contribution is 6.02. The highest BCUT2D eigenvalue weighted by atomic mass is 16.2. The number of carbonyl (C=O) groups excluding carboxylic acids is 2. The second-order valence-corrected chi connectivity index (χ2v) is 6.24. The van der Waals surface area contributed by atoms with E-state index in [1.165, 1.54) is 0 Å². The quantitative estimate of drug-likeness (QED) is 0.839. The van der Waals surface area contributed by atoms with Gasteiger partial charge in [0.25, 0.3) is 5.91 Å². The van der Waals surface area contributed by atoms with Gasteiger partial charge in [0.15, 0.2) is 5.78 Å². The van der Waals surface area contributed by atoms with Gasteiger partial charge < -0.3 is 5.32 Å². The number of nitrogens with zero attached hydrogens (tertiary/aromatic N) is 1. The number of pyridine rings is 1. The molecule has 4 heteroatoms. The van der Waals surface area contributed by atoms with Crippen LogP contribution < -0.4 is 5.32 Å². The topological polar surface area (TPSA) is 59.1 Å². The standard InChI is InChI=1S/C16H18N2O2/c1-9(18-15(20)11-6-4-5-7-17-11)13-12(19)8-10-14(13)16(10,2)3/h4-7,10,14H,8H2,1-3H3,(H,18,20). The molecular weight excluding hydrogens is 252 g/mol. The van der Waals surface area contributed by atoms with Crippen molar-refractivity contribution in [1.29, 1.82) is 0 Å². The van der Waals surface area contributed by atoms with Gasteiger partial charge in [0, 0.05) is 23.9 Å². The number of rotatable bonds is 2. The molecule has 104 valence electrons. The van der Waals surface area contributed by atoms with Gasteiger partial charge in [-0.05, 0) is 36.3 Å². The predicted octanol–water partition coefficient (Wildman–Crippen LogP) is 2.33. The fourth-order valence-electron chi connectivity index (χ4n) is 3.42. The van der Waals surface area contributed by atoms with Crippen molar-refractivity contribution in [1.82, 2.24) is 10.3 Å². The van der Waals surface area contributed by atoms with E-state index in [2.05, 4.69) is 24.1 Å². The number of allylic oxidation sites excluding steroid dienone is 2. The van der Waals surface area contributed by atoms with Gasteiger partial charge in [-0.15, -0.1) is 0 Å². The van der Waals surface area contributed by atoms with Crippen LogP contribution in [-0.4, -0.2) is 16.7 Å². The maximum Gasteiger partial charge on any atom is 0.273 e. The van der Waals surface area contributed by atoms with E-state index in [1.807, 2.05) is 6.92 Å². The molecule has 3 rings (SSSR count). The molecule has 0 saturated heterocycles. The summed E-state index contributed by atoms with van der Waals surface area (Å²) in [6, 6.07) is 5.19. The van der Waals surface area contributed by atoms with Crippen molar-refractivity contribution in [3.63, 3.8) is 0 Å². The number of Topliss-reactive ketones (excluding diaryl/α,β-unsaturated/α-hetero) is 1. The first kappa shape index (κ1) is 13.0. The van der Waals surface area contributed by atoms with Crippen LogP contribution in [0.3, 0.4) is 0 Å². The summed E-state index contributed by atoms with van der Waals surface area (Å²) in [6.07, 6.45) is 2.20. The lowest BCUT2D eigenvalue weighted by molar-refractivity contribution is -0.115. The summed E-state index contributed by atoms with van der Waals surface area (Å²) < 4.78 is 0. The van der Waals surface area contributed by atoms with Crippen molar-refractivity contribution in [3.8, 4) is 0 Å². The van der Waals surface area contributed by atoms with Gasteiger partial charge >= 0.3 is 0 Å². The van der Waals surface area contributed by atoms with Gasteiger partial charge in [0.05, 0.1) is 0 Å². The highest BCUT2D eigenvalue weighted by Gasteiger charge is 2.65. The Morgan fingerprint density at radius 1 is 1.40 bits per heavy atom. The van der Waals surface area contributed by atoms with Gasteiger partial charge in [-0.25, -0.2) is 0 Å². The van der Waals surface area contributed by atoms with E-state index in [4.69, 9.17) is 0 Å². The van der Waals surface area contributed by atoms with Crippen LogP contribution in [0.25, 0.3) is 0 Å². The van der Waals surface area contributed by atoms with Crippen molar-refractivity contribution in [2.45, 2.75) is 27.2 Å². The average molecular weight is 270 g/mol. The first-order valence-corrected chi connectivity index (χ1v) is 6.89. The Morgan fingerprint density at radius 2 is 2.15 bits per heavy atom. The summed E-state index contributed by atoms with van der Waals surface area (Å²) in [5, 5.41) is 2.82. The van der Waals surface area contributed by atoms with Crippen LogP contribution in [0, 0.1) is 17.3 Å². The Morgan fingerprint density at radius 3 is 2.75 bits per heavy atom. The summed E-state index contributed by atoms with van der Waals surface area (Å²) in [5.74, 6) is 0.675. The van der Waals surface area contributed by atoms with E-state index < -0.39 is 0 Å². The zero-order chi connectivity index (χ0) is 14.5. The largest absolute Gasteiger partial charge is 0.324 e. The van der Waals surface area contributed by atoms with Gasteiger partial charge in [0.1, 0.15) is 5.69 Å². The van der Waals surface area contributed by atoms with Gasteiger partial charge in [-0.2, -0.15) is 0 Å². The van der Waals surface area contributed by atoms with E-state index >= 15 is 0 Å². The molecule has 0 spiro atoms. The maximum absolute atomic E-state index is 12.1. The normalized spacial score (nSPS) is 28.9. The summed E-state index contributed by atoms with van der Waals surface area (Å²) in [7, 11) is 0. The number of ketones is 1.